The minimum atomic E-state index is -0.785. The van der Waals surface area contributed by atoms with Crippen molar-refractivity contribution >= 4 is 17.3 Å². The zero-order valence-electron chi connectivity index (χ0n) is 12.5. The van der Waals surface area contributed by atoms with Crippen LogP contribution in [0.2, 0.25) is 0 Å². The van der Waals surface area contributed by atoms with Crippen LogP contribution in [0.3, 0.4) is 0 Å². The topological polar surface area (TPSA) is 46.5 Å². The summed E-state index contributed by atoms with van der Waals surface area (Å²) in [4.78, 5) is 12.3. The summed E-state index contributed by atoms with van der Waals surface area (Å²) in [5.74, 6) is -0.471. The van der Waals surface area contributed by atoms with Crippen LogP contribution in [-0.2, 0) is 11.2 Å². The molecule has 2 rings (SSSR count). The molecule has 0 aliphatic heterocycles. The number of carboxylic acids is 1. The van der Waals surface area contributed by atoms with Crippen molar-refractivity contribution in [3.63, 3.8) is 0 Å². The third-order valence-corrected chi connectivity index (χ3v) is 3.96. The minimum absolute atomic E-state index is 0.234. The highest BCUT2D eigenvalue weighted by Crippen LogP contribution is 2.27. The Morgan fingerprint density at radius 1 is 1.24 bits per heavy atom. The lowest BCUT2D eigenvalue weighted by Crippen LogP contribution is -2.22. The number of rotatable bonds is 5. The first-order valence-electron chi connectivity index (χ1n) is 6.89. The molecule has 0 fully saturated rings. The molecule has 1 unspecified atom stereocenters. The Hall–Kier alpha value is -1.81. The van der Waals surface area contributed by atoms with Gasteiger partial charge in [-0.05, 0) is 56.3 Å². The molecule has 0 aliphatic rings. The van der Waals surface area contributed by atoms with Crippen molar-refractivity contribution < 1.29 is 14.6 Å². The highest BCUT2D eigenvalue weighted by Gasteiger charge is 2.21. The lowest BCUT2D eigenvalue weighted by atomic mass is 9.98. The number of carboxylic acid groups (broad SMARTS) is 1. The van der Waals surface area contributed by atoms with Crippen LogP contribution in [0.1, 0.15) is 37.1 Å². The molecule has 3 nitrogen and oxygen atoms in total. The Kier molecular flexibility index (Phi) is 4.68. The van der Waals surface area contributed by atoms with Crippen molar-refractivity contribution in [2.24, 2.45) is 0 Å². The minimum Gasteiger partial charge on any atom is -0.488 e. The fourth-order valence-electron chi connectivity index (χ4n) is 2.08. The number of ether oxygens (including phenoxy) is 1. The second kappa shape index (κ2) is 6.31. The van der Waals surface area contributed by atoms with E-state index in [2.05, 4.69) is 0 Å². The van der Waals surface area contributed by atoms with Crippen molar-refractivity contribution in [2.75, 3.05) is 0 Å². The molecule has 0 radical (unpaired) electrons. The van der Waals surface area contributed by atoms with Gasteiger partial charge in [-0.3, -0.25) is 4.79 Å². The van der Waals surface area contributed by atoms with E-state index in [1.54, 1.807) is 0 Å². The lowest BCUT2D eigenvalue weighted by Gasteiger charge is -2.21. The molecule has 4 heteroatoms. The molecule has 0 saturated carbocycles. The molecule has 1 aromatic carbocycles. The summed E-state index contributed by atoms with van der Waals surface area (Å²) < 4.78 is 5.77. The highest BCUT2D eigenvalue weighted by atomic mass is 32.1. The Morgan fingerprint density at radius 2 is 1.90 bits per heavy atom. The van der Waals surface area contributed by atoms with Crippen molar-refractivity contribution in [3.8, 4) is 5.75 Å². The third-order valence-electron chi connectivity index (χ3n) is 2.97. The van der Waals surface area contributed by atoms with E-state index < -0.39 is 11.9 Å². The smallest absolute Gasteiger partial charge is 0.312 e. The fourth-order valence-corrected chi connectivity index (χ4v) is 2.90. The van der Waals surface area contributed by atoms with Gasteiger partial charge in [0.15, 0.2) is 0 Å². The van der Waals surface area contributed by atoms with Crippen LogP contribution in [0.25, 0.3) is 0 Å². The molecule has 2 aromatic rings. The van der Waals surface area contributed by atoms with E-state index in [0.29, 0.717) is 6.42 Å². The number of carbonyl (C=O) groups is 1. The molecule has 0 bridgehead atoms. The van der Waals surface area contributed by atoms with E-state index in [4.69, 9.17) is 4.74 Å². The molecule has 21 heavy (non-hydrogen) atoms. The SMILES string of the molecule is CC(C)(C)Oc1ccc(CC(C(=O)O)c2cccs2)cc1. The second-order valence-corrected chi connectivity index (χ2v) is 6.95. The van der Waals surface area contributed by atoms with E-state index in [0.717, 1.165) is 16.2 Å². The van der Waals surface area contributed by atoms with Crippen molar-refractivity contribution in [3.05, 3.63) is 52.2 Å². The first-order valence-corrected chi connectivity index (χ1v) is 7.77. The summed E-state index contributed by atoms with van der Waals surface area (Å²) >= 11 is 1.48. The summed E-state index contributed by atoms with van der Waals surface area (Å²) in [6.45, 7) is 5.99. The molecule has 1 N–H and O–H groups in total. The van der Waals surface area contributed by atoms with Gasteiger partial charge in [0.05, 0.1) is 5.92 Å². The molecular weight excluding hydrogens is 284 g/mol. The number of aliphatic carboxylic acids is 1. The van der Waals surface area contributed by atoms with Gasteiger partial charge < -0.3 is 9.84 Å². The molecule has 0 saturated heterocycles. The van der Waals surface area contributed by atoms with Gasteiger partial charge in [0.2, 0.25) is 0 Å². The number of thiophene rings is 1. The summed E-state index contributed by atoms with van der Waals surface area (Å²) in [7, 11) is 0. The molecular formula is C17H20O3S. The molecule has 0 aliphatic carbocycles. The van der Waals surface area contributed by atoms with Gasteiger partial charge in [-0.25, -0.2) is 0 Å². The van der Waals surface area contributed by atoms with Gasteiger partial charge in [-0.2, -0.15) is 0 Å². The Bertz CT molecular complexity index is 579. The average molecular weight is 304 g/mol. The maximum absolute atomic E-state index is 11.4. The van der Waals surface area contributed by atoms with Crippen LogP contribution in [0.15, 0.2) is 41.8 Å². The third kappa shape index (κ3) is 4.60. The average Bonchev–Trinajstić information content (AvgIpc) is 2.89. The highest BCUT2D eigenvalue weighted by molar-refractivity contribution is 7.10. The van der Waals surface area contributed by atoms with Crippen LogP contribution < -0.4 is 4.74 Å². The van der Waals surface area contributed by atoms with Gasteiger partial charge in [0, 0.05) is 4.88 Å². The molecule has 1 heterocycles. The number of benzene rings is 1. The Morgan fingerprint density at radius 3 is 2.38 bits per heavy atom. The van der Waals surface area contributed by atoms with Crippen molar-refractivity contribution in [1.29, 1.82) is 0 Å². The molecule has 1 aromatic heterocycles. The van der Waals surface area contributed by atoms with Gasteiger partial charge >= 0.3 is 5.97 Å². The van der Waals surface area contributed by atoms with Crippen LogP contribution >= 0.6 is 11.3 Å². The first-order chi connectivity index (χ1) is 9.85. The van der Waals surface area contributed by atoms with E-state index in [1.165, 1.54) is 11.3 Å². The van der Waals surface area contributed by atoms with Crippen LogP contribution in [0.4, 0.5) is 0 Å². The van der Waals surface area contributed by atoms with Gasteiger partial charge in [-0.1, -0.05) is 18.2 Å². The standard InChI is InChI=1S/C17H20O3S/c1-17(2,3)20-13-8-6-12(7-9-13)11-14(16(18)19)15-5-4-10-21-15/h4-10,14H,11H2,1-3H3,(H,18,19). The van der Waals surface area contributed by atoms with E-state index in [1.807, 2.05) is 62.5 Å². The van der Waals surface area contributed by atoms with E-state index >= 15 is 0 Å². The number of hydrogen-bond acceptors (Lipinski definition) is 3. The van der Waals surface area contributed by atoms with Crippen molar-refractivity contribution in [1.82, 2.24) is 0 Å². The molecule has 0 amide bonds. The predicted octanol–water partition coefficient (Wildman–Crippen LogP) is 4.34. The van der Waals surface area contributed by atoms with Gasteiger partial charge in [-0.15, -0.1) is 11.3 Å². The molecule has 1 atom stereocenters. The van der Waals surface area contributed by atoms with Crippen LogP contribution in [-0.4, -0.2) is 16.7 Å². The zero-order valence-corrected chi connectivity index (χ0v) is 13.3. The predicted molar refractivity (Wildman–Crippen MR) is 85.2 cm³/mol. The second-order valence-electron chi connectivity index (χ2n) is 5.97. The first kappa shape index (κ1) is 15.6. The maximum atomic E-state index is 11.4. The summed E-state index contributed by atoms with van der Waals surface area (Å²) in [5.41, 5.74) is 0.763. The lowest BCUT2D eigenvalue weighted by molar-refractivity contribution is -0.138. The summed E-state index contributed by atoms with van der Waals surface area (Å²) in [5, 5.41) is 11.3. The van der Waals surface area contributed by atoms with Crippen LogP contribution in [0, 0.1) is 0 Å². The monoisotopic (exact) mass is 304 g/mol. The van der Waals surface area contributed by atoms with E-state index in [9.17, 15) is 9.90 Å². The van der Waals surface area contributed by atoms with Gasteiger partial charge in [0.1, 0.15) is 11.4 Å². The summed E-state index contributed by atoms with van der Waals surface area (Å²) in [6, 6.07) is 11.4. The van der Waals surface area contributed by atoms with Crippen molar-refractivity contribution in [2.45, 2.75) is 38.7 Å². The van der Waals surface area contributed by atoms with Crippen LogP contribution in [0.5, 0.6) is 5.75 Å². The Labute approximate surface area is 129 Å². The summed E-state index contributed by atoms with van der Waals surface area (Å²) in [6.07, 6.45) is 0.492. The normalized spacial score (nSPS) is 12.9. The van der Waals surface area contributed by atoms with E-state index in [-0.39, 0.29) is 5.60 Å². The fraction of sp³-hybridized carbons (Fsp3) is 0.353. The molecule has 0 spiro atoms. The molecule has 112 valence electrons. The van der Waals surface area contributed by atoms with Gasteiger partial charge in [0.25, 0.3) is 0 Å². The Balaban J connectivity index is 2.10. The largest absolute Gasteiger partial charge is 0.488 e. The quantitative estimate of drug-likeness (QED) is 0.894. The zero-order chi connectivity index (χ0) is 15.5. The number of hydrogen-bond donors (Lipinski definition) is 1. The maximum Gasteiger partial charge on any atom is 0.312 e.